The molecule has 0 radical (unpaired) electrons. The Kier molecular flexibility index (Phi) is 5.49. The zero-order chi connectivity index (χ0) is 23.6. The van der Waals surface area contributed by atoms with Gasteiger partial charge in [-0.1, -0.05) is 90.5 Å². The molecule has 0 saturated carbocycles. The van der Waals surface area contributed by atoms with Crippen LogP contribution in [0.3, 0.4) is 0 Å². The van der Waals surface area contributed by atoms with Crippen LogP contribution >= 0.6 is 11.6 Å². The highest BCUT2D eigenvalue weighted by Gasteiger charge is 2.14. The number of para-hydroxylation sites is 1. The van der Waals surface area contributed by atoms with Crippen molar-refractivity contribution >= 4 is 22.5 Å². The maximum absolute atomic E-state index is 6.63. The second kappa shape index (κ2) is 9.09. The Morgan fingerprint density at radius 2 is 1.03 bits per heavy atom. The highest BCUT2D eigenvalue weighted by molar-refractivity contribution is 6.31. The van der Waals surface area contributed by atoms with Gasteiger partial charge in [0.25, 0.3) is 0 Å². The molecule has 0 bridgehead atoms. The first-order valence-corrected chi connectivity index (χ1v) is 11.6. The molecule has 6 rings (SSSR count). The van der Waals surface area contributed by atoms with Crippen LogP contribution in [0.5, 0.6) is 0 Å². The fraction of sp³-hybridized carbons (Fsp3) is 0. The number of hydrogen-bond acceptors (Lipinski definition) is 4. The lowest BCUT2D eigenvalue weighted by Crippen LogP contribution is -2.00. The minimum absolute atomic E-state index is 0.569. The fourth-order valence-corrected chi connectivity index (χ4v) is 4.39. The van der Waals surface area contributed by atoms with E-state index in [1.807, 2.05) is 103 Å². The Bertz CT molecular complexity index is 1590. The first-order chi connectivity index (χ1) is 17.2. The van der Waals surface area contributed by atoms with E-state index in [4.69, 9.17) is 26.6 Å². The normalized spacial score (nSPS) is 11.0. The lowest BCUT2D eigenvalue weighted by atomic mass is 9.99. The van der Waals surface area contributed by atoms with Crippen molar-refractivity contribution in [1.29, 1.82) is 0 Å². The molecular formula is C30H19ClN4. The monoisotopic (exact) mass is 470 g/mol. The Morgan fingerprint density at radius 1 is 0.486 bits per heavy atom. The molecule has 2 heterocycles. The van der Waals surface area contributed by atoms with Gasteiger partial charge in [0.1, 0.15) is 0 Å². The van der Waals surface area contributed by atoms with Crippen molar-refractivity contribution in [1.82, 2.24) is 19.9 Å². The van der Waals surface area contributed by atoms with Gasteiger partial charge in [0.05, 0.1) is 5.52 Å². The molecule has 0 spiro atoms. The second-order valence-corrected chi connectivity index (χ2v) is 8.58. The van der Waals surface area contributed by atoms with Gasteiger partial charge < -0.3 is 0 Å². The lowest BCUT2D eigenvalue weighted by Gasteiger charge is -2.11. The van der Waals surface area contributed by atoms with Gasteiger partial charge >= 0.3 is 0 Å². The standard InChI is InChI=1S/C30H19ClN4/c31-24-18-22(25-15-16-32-27-14-8-7-13-26(25)27)17-23(19-24)30-34-28(20-9-3-1-4-10-20)33-29(35-30)21-11-5-2-6-12-21/h1-19H. The average Bonchev–Trinajstić information content (AvgIpc) is 2.93. The first kappa shape index (κ1) is 21.1. The van der Waals surface area contributed by atoms with Gasteiger partial charge in [-0.2, -0.15) is 0 Å². The Morgan fingerprint density at radius 3 is 1.69 bits per heavy atom. The summed E-state index contributed by atoms with van der Waals surface area (Å²) < 4.78 is 0. The highest BCUT2D eigenvalue weighted by atomic mass is 35.5. The average molecular weight is 471 g/mol. The van der Waals surface area contributed by atoms with E-state index in [1.54, 1.807) is 0 Å². The molecule has 6 aromatic rings. The number of aromatic nitrogens is 4. The molecule has 0 fully saturated rings. The van der Waals surface area contributed by atoms with E-state index in [0.29, 0.717) is 22.5 Å². The molecule has 0 aliphatic carbocycles. The van der Waals surface area contributed by atoms with E-state index in [0.717, 1.165) is 38.7 Å². The van der Waals surface area contributed by atoms with Crippen molar-refractivity contribution in [2.45, 2.75) is 0 Å². The van der Waals surface area contributed by atoms with Crippen LogP contribution in [0.15, 0.2) is 115 Å². The summed E-state index contributed by atoms with van der Waals surface area (Å²) in [5.74, 6) is 1.80. The molecule has 2 aromatic heterocycles. The minimum atomic E-state index is 0.569. The molecule has 4 nitrogen and oxygen atoms in total. The predicted molar refractivity (Wildman–Crippen MR) is 142 cm³/mol. The summed E-state index contributed by atoms with van der Waals surface area (Å²) in [6.45, 7) is 0. The second-order valence-electron chi connectivity index (χ2n) is 8.14. The SMILES string of the molecule is Clc1cc(-c2nc(-c3ccccc3)nc(-c3ccccc3)n2)cc(-c2ccnc3ccccc23)c1. The number of hydrogen-bond donors (Lipinski definition) is 0. The molecule has 35 heavy (non-hydrogen) atoms. The van der Waals surface area contributed by atoms with Crippen molar-refractivity contribution in [2.24, 2.45) is 0 Å². The van der Waals surface area contributed by atoms with Gasteiger partial charge in [0, 0.05) is 33.3 Å². The molecule has 5 heteroatoms. The molecule has 0 atom stereocenters. The van der Waals surface area contributed by atoms with E-state index < -0.39 is 0 Å². The number of rotatable bonds is 4. The van der Waals surface area contributed by atoms with Crippen LogP contribution in [0.1, 0.15) is 0 Å². The maximum atomic E-state index is 6.63. The van der Waals surface area contributed by atoms with Crippen molar-refractivity contribution < 1.29 is 0 Å². The van der Waals surface area contributed by atoms with E-state index in [2.05, 4.69) is 17.1 Å². The third kappa shape index (κ3) is 4.27. The van der Waals surface area contributed by atoms with Crippen LogP contribution in [0.2, 0.25) is 5.02 Å². The molecule has 166 valence electrons. The lowest BCUT2D eigenvalue weighted by molar-refractivity contribution is 1.07. The first-order valence-electron chi connectivity index (χ1n) is 11.3. The number of halogens is 1. The Labute approximate surface area is 208 Å². The summed E-state index contributed by atoms with van der Waals surface area (Å²) in [5.41, 5.74) is 5.65. The van der Waals surface area contributed by atoms with E-state index in [9.17, 15) is 0 Å². The number of pyridine rings is 1. The molecule has 0 amide bonds. The quantitative estimate of drug-likeness (QED) is 0.264. The van der Waals surface area contributed by atoms with Crippen LogP contribution in [-0.2, 0) is 0 Å². The summed E-state index contributed by atoms with van der Waals surface area (Å²) in [4.78, 5) is 19.0. The Hall–Kier alpha value is -4.41. The van der Waals surface area contributed by atoms with Crippen LogP contribution < -0.4 is 0 Å². The van der Waals surface area contributed by atoms with Gasteiger partial charge in [-0.25, -0.2) is 15.0 Å². The highest BCUT2D eigenvalue weighted by Crippen LogP contribution is 2.33. The largest absolute Gasteiger partial charge is 0.256 e. The molecular weight excluding hydrogens is 452 g/mol. The number of nitrogens with zero attached hydrogens (tertiary/aromatic N) is 4. The molecule has 0 aliphatic heterocycles. The van der Waals surface area contributed by atoms with Crippen molar-refractivity contribution in [2.75, 3.05) is 0 Å². The zero-order valence-electron chi connectivity index (χ0n) is 18.6. The minimum Gasteiger partial charge on any atom is -0.256 e. The van der Waals surface area contributed by atoms with Crippen LogP contribution in [0.4, 0.5) is 0 Å². The van der Waals surface area contributed by atoms with Gasteiger partial charge in [-0.05, 0) is 41.5 Å². The van der Waals surface area contributed by atoms with Crippen molar-refractivity contribution in [3.05, 3.63) is 120 Å². The third-order valence-electron chi connectivity index (χ3n) is 5.82. The smallest absolute Gasteiger partial charge is 0.164 e. The Balaban J connectivity index is 1.55. The van der Waals surface area contributed by atoms with Gasteiger partial charge in [0.2, 0.25) is 0 Å². The van der Waals surface area contributed by atoms with E-state index in [-0.39, 0.29) is 0 Å². The van der Waals surface area contributed by atoms with Crippen LogP contribution in [0, 0.1) is 0 Å². The van der Waals surface area contributed by atoms with Crippen molar-refractivity contribution in [3.63, 3.8) is 0 Å². The fourth-order valence-electron chi connectivity index (χ4n) is 4.16. The van der Waals surface area contributed by atoms with Crippen molar-refractivity contribution in [3.8, 4) is 45.3 Å². The topological polar surface area (TPSA) is 51.6 Å². The zero-order valence-corrected chi connectivity index (χ0v) is 19.4. The summed E-state index contributed by atoms with van der Waals surface area (Å²) in [5, 5.41) is 1.68. The number of benzene rings is 4. The summed E-state index contributed by atoms with van der Waals surface area (Å²) >= 11 is 6.63. The van der Waals surface area contributed by atoms with E-state index in [1.165, 1.54) is 0 Å². The summed E-state index contributed by atoms with van der Waals surface area (Å²) in [6.07, 6.45) is 1.82. The maximum Gasteiger partial charge on any atom is 0.164 e. The molecule has 0 N–H and O–H groups in total. The number of fused-ring (bicyclic) bond motifs is 1. The van der Waals surface area contributed by atoms with Crippen LogP contribution in [-0.4, -0.2) is 19.9 Å². The predicted octanol–water partition coefficient (Wildman–Crippen LogP) is 7.74. The molecule has 0 unspecified atom stereocenters. The van der Waals surface area contributed by atoms with Gasteiger partial charge in [-0.3, -0.25) is 4.98 Å². The van der Waals surface area contributed by atoms with Gasteiger partial charge in [-0.15, -0.1) is 0 Å². The van der Waals surface area contributed by atoms with Gasteiger partial charge in [0.15, 0.2) is 17.5 Å². The van der Waals surface area contributed by atoms with E-state index >= 15 is 0 Å². The third-order valence-corrected chi connectivity index (χ3v) is 6.03. The molecule has 0 aliphatic rings. The molecule has 4 aromatic carbocycles. The summed E-state index contributed by atoms with van der Waals surface area (Å²) in [7, 11) is 0. The van der Waals surface area contributed by atoms with Crippen LogP contribution in [0.25, 0.3) is 56.2 Å². The molecule has 0 saturated heterocycles. The summed E-state index contributed by atoms with van der Waals surface area (Å²) in [6, 6.07) is 35.9.